The Kier molecular flexibility index (Phi) is 7.87. The average molecular weight is 454 g/mol. The third-order valence-corrected chi connectivity index (χ3v) is 7.00. The Hall–Kier alpha value is -2.57. The molecule has 0 atom stereocenters. The Morgan fingerprint density at radius 3 is 2.40 bits per heavy atom. The van der Waals surface area contributed by atoms with Gasteiger partial charge in [0, 0.05) is 24.8 Å². The molecule has 0 unspecified atom stereocenters. The van der Waals surface area contributed by atoms with Crippen LogP contribution < -0.4 is 10.0 Å². The van der Waals surface area contributed by atoms with Crippen molar-refractivity contribution in [2.75, 3.05) is 26.0 Å². The van der Waals surface area contributed by atoms with Crippen LogP contribution in [0.15, 0.2) is 66.1 Å². The summed E-state index contributed by atoms with van der Waals surface area (Å²) in [7, 11) is -4.90. The molecule has 9 nitrogen and oxygen atoms in total. The standard InChI is InChI=1S/C19H23N3O6S2/c1-4-12-20-29(24,25)14-15-8-10-17(11-9-15)21-19(23)16-6-5-7-18(13-16)30(26,27)22(2)28-3/h4-11,13,20H,1,12,14H2,2-3H3,(H,21,23). The lowest BCUT2D eigenvalue weighted by Gasteiger charge is -2.14. The van der Waals surface area contributed by atoms with Crippen LogP contribution in [-0.2, 0) is 30.6 Å². The molecule has 2 rings (SSSR count). The highest BCUT2D eigenvalue weighted by atomic mass is 32.2. The number of sulfonamides is 2. The molecule has 1 amide bonds. The molecule has 2 aromatic carbocycles. The van der Waals surface area contributed by atoms with E-state index in [0.29, 0.717) is 15.7 Å². The Balaban J connectivity index is 2.12. The summed E-state index contributed by atoms with van der Waals surface area (Å²) >= 11 is 0. The highest BCUT2D eigenvalue weighted by Gasteiger charge is 2.22. The van der Waals surface area contributed by atoms with Gasteiger partial charge in [-0.25, -0.2) is 21.6 Å². The van der Waals surface area contributed by atoms with Gasteiger partial charge in [-0.1, -0.05) is 28.7 Å². The number of benzene rings is 2. The number of anilines is 1. The number of hydroxylamine groups is 1. The van der Waals surface area contributed by atoms with E-state index in [0.717, 1.165) is 0 Å². The van der Waals surface area contributed by atoms with Crippen LogP contribution >= 0.6 is 0 Å². The first kappa shape index (κ1) is 23.7. The number of hydrogen-bond donors (Lipinski definition) is 2. The predicted molar refractivity (Wildman–Crippen MR) is 114 cm³/mol. The largest absolute Gasteiger partial charge is 0.322 e. The zero-order valence-electron chi connectivity index (χ0n) is 16.5. The minimum Gasteiger partial charge on any atom is -0.322 e. The summed E-state index contributed by atoms with van der Waals surface area (Å²) in [5.41, 5.74) is 1.11. The summed E-state index contributed by atoms with van der Waals surface area (Å²) < 4.78 is 51.5. The highest BCUT2D eigenvalue weighted by molar-refractivity contribution is 7.89. The predicted octanol–water partition coefficient (Wildman–Crippen LogP) is 1.73. The van der Waals surface area contributed by atoms with Crippen molar-refractivity contribution in [2.24, 2.45) is 0 Å². The fourth-order valence-corrected chi connectivity index (χ4v) is 4.51. The molecule has 11 heteroatoms. The van der Waals surface area contributed by atoms with E-state index in [4.69, 9.17) is 4.84 Å². The molecule has 0 spiro atoms. The fraction of sp³-hybridized carbons (Fsp3) is 0.211. The van der Waals surface area contributed by atoms with E-state index in [1.807, 2.05) is 0 Å². The van der Waals surface area contributed by atoms with Gasteiger partial charge in [0.15, 0.2) is 0 Å². The molecule has 2 aromatic rings. The number of nitrogens with zero attached hydrogens (tertiary/aromatic N) is 1. The molecule has 0 aliphatic carbocycles. The second-order valence-corrected chi connectivity index (χ2v) is 9.92. The number of rotatable bonds is 10. The summed E-state index contributed by atoms with van der Waals surface area (Å²) in [6, 6.07) is 11.8. The van der Waals surface area contributed by atoms with Crippen molar-refractivity contribution in [1.82, 2.24) is 9.19 Å². The third kappa shape index (κ3) is 6.21. The van der Waals surface area contributed by atoms with Gasteiger partial charge in [0.2, 0.25) is 10.0 Å². The van der Waals surface area contributed by atoms with Gasteiger partial charge in [-0.3, -0.25) is 9.63 Å². The Bertz CT molecular complexity index is 1110. The number of nitrogens with one attached hydrogen (secondary N) is 2. The van der Waals surface area contributed by atoms with Gasteiger partial charge in [0.1, 0.15) is 0 Å². The van der Waals surface area contributed by atoms with E-state index >= 15 is 0 Å². The third-order valence-electron chi connectivity index (χ3n) is 4.01. The summed E-state index contributed by atoms with van der Waals surface area (Å²) in [5.74, 6) is -0.720. The lowest BCUT2D eigenvalue weighted by atomic mass is 10.2. The van der Waals surface area contributed by atoms with E-state index in [9.17, 15) is 21.6 Å². The quantitative estimate of drug-likeness (QED) is 0.417. The monoisotopic (exact) mass is 453 g/mol. The van der Waals surface area contributed by atoms with Crippen LogP contribution in [-0.4, -0.2) is 47.9 Å². The maximum atomic E-state index is 12.5. The minimum absolute atomic E-state index is 0.0907. The maximum Gasteiger partial charge on any atom is 0.264 e. The van der Waals surface area contributed by atoms with Crippen LogP contribution in [0.25, 0.3) is 0 Å². The fourth-order valence-electron chi connectivity index (χ4n) is 2.39. The molecule has 0 fully saturated rings. The lowest BCUT2D eigenvalue weighted by molar-refractivity contribution is -0.0258. The second kappa shape index (κ2) is 9.96. The smallest absolute Gasteiger partial charge is 0.264 e. The van der Waals surface area contributed by atoms with Crippen molar-refractivity contribution >= 4 is 31.6 Å². The van der Waals surface area contributed by atoms with Crippen LogP contribution in [0.2, 0.25) is 0 Å². The average Bonchev–Trinajstić information content (AvgIpc) is 2.73. The van der Waals surface area contributed by atoms with E-state index in [1.54, 1.807) is 24.3 Å². The van der Waals surface area contributed by atoms with Gasteiger partial charge in [0.25, 0.3) is 15.9 Å². The van der Waals surface area contributed by atoms with Gasteiger partial charge in [-0.05, 0) is 35.9 Å². The van der Waals surface area contributed by atoms with Crippen LogP contribution in [0.4, 0.5) is 5.69 Å². The molecule has 0 saturated carbocycles. The minimum atomic E-state index is -3.89. The number of carbonyl (C=O) groups is 1. The first-order valence-electron chi connectivity index (χ1n) is 8.70. The molecule has 2 N–H and O–H groups in total. The molecular weight excluding hydrogens is 430 g/mol. The van der Waals surface area contributed by atoms with Crippen LogP contribution in [0.3, 0.4) is 0 Å². The maximum absolute atomic E-state index is 12.5. The molecule has 0 bridgehead atoms. The topological polar surface area (TPSA) is 122 Å². The zero-order valence-corrected chi connectivity index (χ0v) is 18.2. The molecule has 0 aliphatic rings. The summed E-state index contributed by atoms with van der Waals surface area (Å²) in [6.07, 6.45) is 1.45. The highest BCUT2D eigenvalue weighted by Crippen LogP contribution is 2.18. The SMILES string of the molecule is C=CCNS(=O)(=O)Cc1ccc(NC(=O)c2cccc(S(=O)(=O)N(C)OC)c2)cc1. The van der Waals surface area contributed by atoms with Gasteiger partial charge in [-0.2, -0.15) is 0 Å². The van der Waals surface area contributed by atoms with Crippen molar-refractivity contribution in [3.8, 4) is 0 Å². The summed E-state index contributed by atoms with van der Waals surface area (Å²) in [6.45, 7) is 3.60. The Labute approximate surface area is 176 Å². The number of carbonyl (C=O) groups excluding carboxylic acids is 1. The van der Waals surface area contributed by atoms with Crippen molar-refractivity contribution < 1.29 is 26.5 Å². The Morgan fingerprint density at radius 1 is 1.13 bits per heavy atom. The summed E-state index contributed by atoms with van der Waals surface area (Å²) in [4.78, 5) is 17.1. The number of hydrogen-bond acceptors (Lipinski definition) is 6. The van der Waals surface area contributed by atoms with Gasteiger partial charge in [0.05, 0.1) is 17.8 Å². The van der Waals surface area contributed by atoms with Crippen LogP contribution in [0.5, 0.6) is 0 Å². The van der Waals surface area contributed by atoms with Crippen LogP contribution in [0.1, 0.15) is 15.9 Å². The first-order valence-corrected chi connectivity index (χ1v) is 11.8. The molecular formula is C19H23N3O6S2. The zero-order chi connectivity index (χ0) is 22.4. The molecule has 30 heavy (non-hydrogen) atoms. The van der Waals surface area contributed by atoms with Crippen molar-refractivity contribution in [1.29, 1.82) is 0 Å². The van der Waals surface area contributed by atoms with Crippen molar-refractivity contribution in [2.45, 2.75) is 10.6 Å². The van der Waals surface area contributed by atoms with E-state index in [1.165, 1.54) is 44.5 Å². The van der Waals surface area contributed by atoms with Crippen molar-refractivity contribution in [3.05, 3.63) is 72.3 Å². The lowest BCUT2D eigenvalue weighted by Crippen LogP contribution is -2.26. The van der Waals surface area contributed by atoms with Gasteiger partial charge < -0.3 is 5.32 Å². The normalized spacial score (nSPS) is 12.0. The molecule has 0 aromatic heterocycles. The molecule has 0 aliphatic heterocycles. The summed E-state index contributed by atoms with van der Waals surface area (Å²) in [5, 5.41) is 2.65. The second-order valence-electron chi connectivity index (χ2n) is 6.17. The van der Waals surface area contributed by atoms with Gasteiger partial charge >= 0.3 is 0 Å². The van der Waals surface area contributed by atoms with E-state index in [2.05, 4.69) is 16.6 Å². The Morgan fingerprint density at radius 2 is 1.80 bits per heavy atom. The molecule has 0 heterocycles. The molecule has 0 saturated heterocycles. The van der Waals surface area contributed by atoms with Crippen LogP contribution in [0, 0.1) is 0 Å². The van der Waals surface area contributed by atoms with E-state index < -0.39 is 26.0 Å². The number of amides is 1. The molecule has 0 radical (unpaired) electrons. The van der Waals surface area contributed by atoms with E-state index in [-0.39, 0.29) is 22.8 Å². The van der Waals surface area contributed by atoms with Crippen molar-refractivity contribution in [3.63, 3.8) is 0 Å². The van der Waals surface area contributed by atoms with Gasteiger partial charge in [-0.15, -0.1) is 6.58 Å². The molecule has 162 valence electrons. The first-order chi connectivity index (χ1) is 14.1.